The SMILES string of the molecule is Cc1cc(C(=O)Nc2cnc(-n3ccnc3C)nc2)c(C)o1. The zero-order valence-electron chi connectivity index (χ0n) is 12.5. The minimum Gasteiger partial charge on any atom is -0.466 e. The van der Waals surface area contributed by atoms with Crippen molar-refractivity contribution < 1.29 is 9.21 Å². The van der Waals surface area contributed by atoms with Crippen molar-refractivity contribution >= 4 is 11.6 Å². The number of rotatable bonds is 3. The van der Waals surface area contributed by atoms with Crippen molar-refractivity contribution in [1.29, 1.82) is 0 Å². The zero-order chi connectivity index (χ0) is 15.7. The summed E-state index contributed by atoms with van der Waals surface area (Å²) >= 11 is 0. The molecule has 0 saturated heterocycles. The van der Waals surface area contributed by atoms with E-state index in [9.17, 15) is 4.79 Å². The van der Waals surface area contributed by atoms with E-state index in [1.807, 2.05) is 6.92 Å². The highest BCUT2D eigenvalue weighted by Crippen LogP contribution is 2.16. The fraction of sp³-hybridized carbons (Fsp3) is 0.200. The molecule has 7 heteroatoms. The van der Waals surface area contributed by atoms with Gasteiger partial charge in [-0.3, -0.25) is 9.36 Å². The number of amides is 1. The Balaban J connectivity index is 1.78. The highest BCUT2D eigenvalue weighted by atomic mass is 16.3. The van der Waals surface area contributed by atoms with E-state index in [1.165, 1.54) is 0 Å². The van der Waals surface area contributed by atoms with Crippen LogP contribution in [-0.4, -0.2) is 25.4 Å². The van der Waals surface area contributed by atoms with Gasteiger partial charge in [0.2, 0.25) is 5.95 Å². The van der Waals surface area contributed by atoms with Crippen LogP contribution >= 0.6 is 0 Å². The van der Waals surface area contributed by atoms with E-state index in [0.29, 0.717) is 28.7 Å². The lowest BCUT2D eigenvalue weighted by Gasteiger charge is -2.06. The standard InChI is InChI=1S/C15H15N5O2/c1-9-6-13(10(2)22-9)14(21)19-12-7-17-15(18-8-12)20-5-4-16-11(20)3/h4-8H,1-3H3,(H,19,21). The van der Waals surface area contributed by atoms with Crippen LogP contribution in [-0.2, 0) is 0 Å². The van der Waals surface area contributed by atoms with Crippen LogP contribution in [0.1, 0.15) is 27.7 Å². The highest BCUT2D eigenvalue weighted by Gasteiger charge is 2.14. The predicted molar refractivity (Wildman–Crippen MR) is 80.0 cm³/mol. The molecule has 3 rings (SSSR count). The Morgan fingerprint density at radius 3 is 2.45 bits per heavy atom. The van der Waals surface area contributed by atoms with Gasteiger partial charge in [-0.05, 0) is 26.8 Å². The van der Waals surface area contributed by atoms with E-state index in [-0.39, 0.29) is 5.91 Å². The summed E-state index contributed by atoms with van der Waals surface area (Å²) in [5, 5.41) is 2.75. The van der Waals surface area contributed by atoms with Gasteiger partial charge in [-0.1, -0.05) is 0 Å². The lowest BCUT2D eigenvalue weighted by Crippen LogP contribution is -2.13. The molecule has 3 aromatic heterocycles. The topological polar surface area (TPSA) is 85.8 Å². The second-order valence-corrected chi connectivity index (χ2v) is 4.90. The number of carbonyl (C=O) groups excluding carboxylic acids is 1. The Morgan fingerprint density at radius 2 is 1.91 bits per heavy atom. The van der Waals surface area contributed by atoms with E-state index in [0.717, 1.165) is 5.82 Å². The van der Waals surface area contributed by atoms with Gasteiger partial charge >= 0.3 is 0 Å². The Bertz CT molecular complexity index is 817. The maximum atomic E-state index is 12.2. The van der Waals surface area contributed by atoms with Gasteiger partial charge in [0.05, 0.1) is 23.6 Å². The molecule has 0 spiro atoms. The van der Waals surface area contributed by atoms with Gasteiger partial charge in [0.25, 0.3) is 5.91 Å². The number of aryl methyl sites for hydroxylation is 3. The molecule has 3 aromatic rings. The van der Waals surface area contributed by atoms with E-state index in [4.69, 9.17) is 4.42 Å². The van der Waals surface area contributed by atoms with Crippen molar-refractivity contribution in [2.75, 3.05) is 5.32 Å². The zero-order valence-corrected chi connectivity index (χ0v) is 12.5. The average molecular weight is 297 g/mol. The van der Waals surface area contributed by atoms with Gasteiger partial charge in [-0.15, -0.1) is 0 Å². The van der Waals surface area contributed by atoms with Crippen molar-refractivity contribution in [2.45, 2.75) is 20.8 Å². The van der Waals surface area contributed by atoms with Crippen LogP contribution in [0.15, 0.2) is 35.3 Å². The lowest BCUT2D eigenvalue weighted by molar-refractivity contribution is 0.102. The van der Waals surface area contributed by atoms with Crippen molar-refractivity contribution in [1.82, 2.24) is 19.5 Å². The molecule has 7 nitrogen and oxygen atoms in total. The third-order valence-corrected chi connectivity index (χ3v) is 3.22. The van der Waals surface area contributed by atoms with E-state index in [1.54, 1.807) is 49.3 Å². The van der Waals surface area contributed by atoms with Gasteiger partial charge < -0.3 is 9.73 Å². The summed E-state index contributed by atoms with van der Waals surface area (Å²) in [5.41, 5.74) is 1.02. The molecule has 1 N–H and O–H groups in total. The first-order valence-electron chi connectivity index (χ1n) is 6.75. The van der Waals surface area contributed by atoms with Gasteiger partial charge in [0.15, 0.2) is 0 Å². The largest absolute Gasteiger partial charge is 0.466 e. The van der Waals surface area contributed by atoms with Crippen molar-refractivity contribution in [3.05, 3.63) is 53.8 Å². The van der Waals surface area contributed by atoms with E-state index < -0.39 is 0 Å². The second-order valence-electron chi connectivity index (χ2n) is 4.90. The molecule has 0 bridgehead atoms. The Kier molecular flexibility index (Phi) is 3.46. The summed E-state index contributed by atoms with van der Waals surface area (Å²) in [4.78, 5) is 24.8. The first kappa shape index (κ1) is 14.0. The van der Waals surface area contributed by atoms with E-state index >= 15 is 0 Å². The molecule has 0 atom stereocenters. The number of imidazole rings is 1. The van der Waals surface area contributed by atoms with Gasteiger partial charge in [-0.25, -0.2) is 15.0 Å². The molecule has 0 fully saturated rings. The Hall–Kier alpha value is -2.96. The highest BCUT2D eigenvalue weighted by molar-refractivity contribution is 6.04. The molecular weight excluding hydrogens is 282 g/mol. The van der Waals surface area contributed by atoms with Crippen LogP contribution in [0, 0.1) is 20.8 Å². The second kappa shape index (κ2) is 5.44. The van der Waals surface area contributed by atoms with Crippen LogP contribution < -0.4 is 5.32 Å². The monoisotopic (exact) mass is 297 g/mol. The fourth-order valence-electron chi connectivity index (χ4n) is 2.15. The predicted octanol–water partition coefficient (Wildman–Crippen LogP) is 2.43. The number of hydrogen-bond donors (Lipinski definition) is 1. The van der Waals surface area contributed by atoms with Crippen molar-refractivity contribution in [3.8, 4) is 5.95 Å². The lowest BCUT2D eigenvalue weighted by atomic mass is 10.2. The van der Waals surface area contributed by atoms with Crippen LogP contribution in [0.3, 0.4) is 0 Å². The molecular formula is C15H15N5O2. The minimum atomic E-state index is -0.246. The normalized spacial score (nSPS) is 10.7. The molecule has 1 amide bonds. The van der Waals surface area contributed by atoms with Gasteiger partial charge in [0.1, 0.15) is 17.3 Å². The van der Waals surface area contributed by atoms with Crippen LogP contribution in [0.2, 0.25) is 0 Å². The summed E-state index contributed by atoms with van der Waals surface area (Å²) in [6.07, 6.45) is 6.57. The molecule has 3 heterocycles. The van der Waals surface area contributed by atoms with Crippen LogP contribution in [0.5, 0.6) is 0 Å². The molecule has 0 saturated carbocycles. The average Bonchev–Trinajstić information content (AvgIpc) is 3.05. The maximum Gasteiger partial charge on any atom is 0.259 e. The third-order valence-electron chi connectivity index (χ3n) is 3.22. The number of furan rings is 1. The minimum absolute atomic E-state index is 0.246. The summed E-state index contributed by atoms with van der Waals surface area (Å²) in [6, 6.07) is 1.70. The maximum absolute atomic E-state index is 12.2. The molecule has 0 unspecified atom stereocenters. The smallest absolute Gasteiger partial charge is 0.259 e. The van der Waals surface area contributed by atoms with Crippen LogP contribution in [0.25, 0.3) is 5.95 Å². The summed E-state index contributed by atoms with van der Waals surface area (Å²) in [6.45, 7) is 5.42. The number of anilines is 1. The molecule has 0 aromatic carbocycles. The third kappa shape index (κ3) is 2.60. The summed E-state index contributed by atoms with van der Waals surface area (Å²) < 4.78 is 7.11. The molecule has 0 aliphatic carbocycles. The number of aromatic nitrogens is 4. The number of carbonyl (C=O) groups is 1. The van der Waals surface area contributed by atoms with Gasteiger partial charge in [-0.2, -0.15) is 0 Å². The van der Waals surface area contributed by atoms with Crippen LogP contribution in [0.4, 0.5) is 5.69 Å². The van der Waals surface area contributed by atoms with E-state index in [2.05, 4.69) is 20.3 Å². The van der Waals surface area contributed by atoms with Crippen molar-refractivity contribution in [3.63, 3.8) is 0 Å². The number of hydrogen-bond acceptors (Lipinski definition) is 5. The first-order valence-corrected chi connectivity index (χ1v) is 6.75. The quantitative estimate of drug-likeness (QED) is 0.802. The summed E-state index contributed by atoms with van der Waals surface area (Å²) in [5.74, 6) is 2.33. The van der Waals surface area contributed by atoms with Gasteiger partial charge in [0, 0.05) is 12.4 Å². The molecule has 112 valence electrons. The molecule has 0 radical (unpaired) electrons. The Morgan fingerprint density at radius 1 is 1.18 bits per heavy atom. The molecule has 22 heavy (non-hydrogen) atoms. The number of nitrogens with one attached hydrogen (secondary N) is 1. The number of nitrogens with zero attached hydrogens (tertiary/aromatic N) is 4. The summed E-state index contributed by atoms with van der Waals surface area (Å²) in [7, 11) is 0. The molecule has 0 aliphatic rings. The first-order chi connectivity index (χ1) is 10.5. The fourth-order valence-corrected chi connectivity index (χ4v) is 2.15. The molecule has 0 aliphatic heterocycles. The Labute approximate surface area is 127 Å². The van der Waals surface area contributed by atoms with Crippen molar-refractivity contribution in [2.24, 2.45) is 0 Å².